The molecule has 1 N–H and O–H groups in total. The Morgan fingerprint density at radius 2 is 1.94 bits per heavy atom. The molecule has 0 aliphatic heterocycles. The van der Waals surface area contributed by atoms with Crippen LogP contribution < -0.4 is 5.32 Å². The molecule has 2 aromatic rings. The fraction of sp³-hybridized carbons (Fsp3) is 0.308. The second-order valence-corrected chi connectivity index (χ2v) is 5.20. The Labute approximate surface area is 115 Å². The number of halogens is 1. The fourth-order valence-electron chi connectivity index (χ4n) is 1.64. The minimum atomic E-state index is 0.838. The highest BCUT2D eigenvalue weighted by Crippen LogP contribution is 2.08. The van der Waals surface area contributed by atoms with Crippen molar-refractivity contribution in [3.8, 4) is 0 Å². The Balaban J connectivity index is 1.98. The van der Waals surface area contributed by atoms with Crippen molar-refractivity contribution in [2.24, 2.45) is 0 Å². The van der Waals surface area contributed by atoms with Gasteiger partial charge in [0.25, 0.3) is 0 Å². The molecule has 90 valence electrons. The molecule has 0 bridgehead atoms. The topological polar surface area (TPSA) is 29.9 Å². The van der Waals surface area contributed by atoms with Gasteiger partial charge >= 0.3 is 0 Å². The first-order valence-corrected chi connectivity index (χ1v) is 6.82. The second kappa shape index (κ2) is 6.16. The molecule has 1 aromatic heterocycles. The van der Waals surface area contributed by atoms with Crippen LogP contribution in [0.3, 0.4) is 0 Å². The Bertz CT molecular complexity index is 462. The summed E-state index contributed by atoms with van der Waals surface area (Å²) < 4.78 is 3.13. The van der Waals surface area contributed by atoms with Crippen LogP contribution in [-0.4, -0.2) is 16.3 Å². The molecule has 1 aromatic carbocycles. The van der Waals surface area contributed by atoms with Crippen molar-refractivity contribution >= 4 is 22.6 Å². The van der Waals surface area contributed by atoms with Gasteiger partial charge < -0.3 is 5.32 Å². The summed E-state index contributed by atoms with van der Waals surface area (Å²) in [5.41, 5.74) is 2.61. The van der Waals surface area contributed by atoms with Crippen molar-refractivity contribution < 1.29 is 0 Å². The van der Waals surface area contributed by atoms with Crippen molar-refractivity contribution in [2.45, 2.75) is 20.0 Å². The van der Waals surface area contributed by atoms with Gasteiger partial charge in [0.05, 0.1) is 16.3 Å². The molecule has 1 heterocycles. The van der Waals surface area contributed by atoms with Gasteiger partial charge in [0, 0.05) is 12.7 Å². The Morgan fingerprint density at radius 1 is 1.24 bits per heavy atom. The maximum absolute atomic E-state index is 4.28. The first-order chi connectivity index (χ1) is 8.28. The highest BCUT2D eigenvalue weighted by molar-refractivity contribution is 14.1. The van der Waals surface area contributed by atoms with Crippen LogP contribution in [0.1, 0.15) is 18.1 Å². The molecule has 3 nitrogen and oxygen atoms in total. The summed E-state index contributed by atoms with van der Waals surface area (Å²) in [6, 6.07) is 8.68. The number of hydrogen-bond donors (Lipinski definition) is 1. The summed E-state index contributed by atoms with van der Waals surface area (Å²) in [6.45, 7) is 4.90. The molecule has 0 saturated heterocycles. The Kier molecular flexibility index (Phi) is 4.56. The minimum Gasteiger partial charge on any atom is -0.313 e. The van der Waals surface area contributed by atoms with E-state index in [1.54, 1.807) is 0 Å². The molecular weight excluding hydrogens is 325 g/mol. The van der Waals surface area contributed by atoms with Gasteiger partial charge in [0.15, 0.2) is 0 Å². The summed E-state index contributed by atoms with van der Waals surface area (Å²) in [7, 11) is 0. The van der Waals surface area contributed by atoms with Crippen LogP contribution in [0, 0.1) is 3.57 Å². The molecule has 0 unspecified atom stereocenters. The van der Waals surface area contributed by atoms with Crippen LogP contribution in [-0.2, 0) is 13.1 Å². The zero-order valence-electron chi connectivity index (χ0n) is 9.86. The fourth-order valence-corrected chi connectivity index (χ4v) is 2.09. The third-order valence-electron chi connectivity index (χ3n) is 2.55. The lowest BCUT2D eigenvalue weighted by atomic mass is 10.1. The number of nitrogens with one attached hydrogen (secondary N) is 1. The standard InChI is InChI=1S/C13H16IN3/c1-2-15-7-11-3-5-12(6-4-11)9-17-10-13(14)8-16-17/h3-6,8,10,15H,2,7,9H2,1H3. The third kappa shape index (κ3) is 3.81. The Morgan fingerprint density at radius 3 is 2.53 bits per heavy atom. The average molecular weight is 341 g/mol. The number of rotatable bonds is 5. The molecule has 2 rings (SSSR count). The van der Waals surface area contributed by atoms with Crippen LogP contribution in [0.5, 0.6) is 0 Å². The highest BCUT2D eigenvalue weighted by Gasteiger charge is 1.98. The van der Waals surface area contributed by atoms with Gasteiger partial charge in [-0.2, -0.15) is 5.10 Å². The predicted molar refractivity (Wildman–Crippen MR) is 77.9 cm³/mol. The van der Waals surface area contributed by atoms with Crippen molar-refractivity contribution in [2.75, 3.05) is 6.54 Å². The number of hydrogen-bond acceptors (Lipinski definition) is 2. The van der Waals surface area contributed by atoms with Gasteiger partial charge in [0.2, 0.25) is 0 Å². The maximum atomic E-state index is 4.28. The van der Waals surface area contributed by atoms with E-state index in [2.05, 4.69) is 64.2 Å². The van der Waals surface area contributed by atoms with Crippen LogP contribution in [0.4, 0.5) is 0 Å². The maximum Gasteiger partial charge on any atom is 0.0659 e. The van der Waals surface area contributed by atoms with E-state index in [1.807, 2.05) is 17.1 Å². The van der Waals surface area contributed by atoms with Crippen LogP contribution in [0.15, 0.2) is 36.7 Å². The van der Waals surface area contributed by atoms with Crippen molar-refractivity contribution in [3.63, 3.8) is 0 Å². The van der Waals surface area contributed by atoms with E-state index in [4.69, 9.17) is 0 Å². The monoisotopic (exact) mass is 341 g/mol. The van der Waals surface area contributed by atoms with E-state index in [0.29, 0.717) is 0 Å². The van der Waals surface area contributed by atoms with E-state index < -0.39 is 0 Å². The average Bonchev–Trinajstić information content (AvgIpc) is 2.74. The molecule has 0 radical (unpaired) electrons. The van der Waals surface area contributed by atoms with E-state index in [-0.39, 0.29) is 0 Å². The third-order valence-corrected chi connectivity index (χ3v) is 3.11. The van der Waals surface area contributed by atoms with Gasteiger partial charge in [-0.25, -0.2) is 0 Å². The smallest absolute Gasteiger partial charge is 0.0659 e. The zero-order valence-corrected chi connectivity index (χ0v) is 12.0. The van der Waals surface area contributed by atoms with E-state index in [1.165, 1.54) is 14.7 Å². The molecular formula is C13H16IN3. The lowest BCUT2D eigenvalue weighted by molar-refractivity contribution is 0.685. The Hall–Kier alpha value is -0.880. The van der Waals surface area contributed by atoms with Crippen molar-refractivity contribution in [1.82, 2.24) is 15.1 Å². The van der Waals surface area contributed by atoms with Crippen molar-refractivity contribution in [1.29, 1.82) is 0 Å². The summed E-state index contributed by atoms with van der Waals surface area (Å²) in [6.07, 6.45) is 3.92. The zero-order chi connectivity index (χ0) is 12.1. The van der Waals surface area contributed by atoms with Gasteiger partial charge in [-0.1, -0.05) is 31.2 Å². The van der Waals surface area contributed by atoms with Gasteiger partial charge in [0.1, 0.15) is 0 Å². The molecule has 17 heavy (non-hydrogen) atoms. The molecule has 0 amide bonds. The number of aromatic nitrogens is 2. The van der Waals surface area contributed by atoms with E-state index in [9.17, 15) is 0 Å². The van der Waals surface area contributed by atoms with E-state index >= 15 is 0 Å². The first kappa shape index (κ1) is 12.6. The summed E-state index contributed by atoms with van der Waals surface area (Å²) in [5.74, 6) is 0. The molecule has 0 atom stereocenters. The highest BCUT2D eigenvalue weighted by atomic mass is 127. The summed E-state index contributed by atoms with van der Waals surface area (Å²) in [4.78, 5) is 0. The quantitative estimate of drug-likeness (QED) is 0.848. The SMILES string of the molecule is CCNCc1ccc(Cn2cc(I)cn2)cc1. The largest absolute Gasteiger partial charge is 0.313 e. The molecule has 0 saturated carbocycles. The molecule has 4 heteroatoms. The first-order valence-electron chi connectivity index (χ1n) is 5.74. The minimum absolute atomic E-state index is 0.838. The van der Waals surface area contributed by atoms with Crippen molar-refractivity contribution in [3.05, 3.63) is 51.4 Å². The normalized spacial score (nSPS) is 10.7. The molecule has 0 spiro atoms. The van der Waals surface area contributed by atoms with Gasteiger partial charge in [-0.3, -0.25) is 4.68 Å². The van der Waals surface area contributed by atoms with Gasteiger partial charge in [-0.15, -0.1) is 0 Å². The molecule has 0 fully saturated rings. The number of nitrogens with zero attached hydrogens (tertiary/aromatic N) is 2. The van der Waals surface area contributed by atoms with E-state index in [0.717, 1.165) is 19.6 Å². The van der Waals surface area contributed by atoms with Crippen LogP contribution >= 0.6 is 22.6 Å². The summed E-state index contributed by atoms with van der Waals surface area (Å²) >= 11 is 2.27. The lowest BCUT2D eigenvalue weighted by Crippen LogP contribution is -2.11. The van der Waals surface area contributed by atoms with Gasteiger partial charge in [-0.05, 0) is 40.3 Å². The number of benzene rings is 1. The molecule has 0 aliphatic carbocycles. The lowest BCUT2D eigenvalue weighted by Gasteiger charge is -2.05. The second-order valence-electron chi connectivity index (χ2n) is 3.95. The van der Waals surface area contributed by atoms with Crippen LogP contribution in [0.2, 0.25) is 0 Å². The summed E-state index contributed by atoms with van der Waals surface area (Å²) in [5, 5.41) is 7.60. The molecule has 0 aliphatic rings. The predicted octanol–water partition coefficient (Wildman–Crippen LogP) is 2.65. The van der Waals surface area contributed by atoms with Crippen LogP contribution in [0.25, 0.3) is 0 Å².